The zero-order valence-electron chi connectivity index (χ0n) is 22.2. The molecule has 0 bridgehead atoms. The van der Waals surface area contributed by atoms with Gasteiger partial charge in [0.25, 0.3) is 0 Å². The zero-order chi connectivity index (χ0) is 27.5. The van der Waals surface area contributed by atoms with Gasteiger partial charge in [-0.3, -0.25) is 0 Å². The van der Waals surface area contributed by atoms with Crippen LogP contribution in [0, 0.1) is 23.4 Å². The number of unbranched alkanes of at least 4 members (excludes halogenated alkanes) is 7. The molecule has 0 aliphatic heterocycles. The SMILES string of the molecule is CCCCCCCCCCC1(F)CCC(C(F)COC(=O)c2ccccc2-c2cc(F)c(F)c(F)c2)CC1. The molecular formula is C31H39F5O2. The number of carbonyl (C=O) groups is 1. The molecule has 0 aromatic heterocycles. The molecule has 2 nitrogen and oxygen atoms in total. The second kappa shape index (κ2) is 14.6. The molecule has 1 aliphatic carbocycles. The van der Waals surface area contributed by atoms with Crippen LogP contribution in [0.4, 0.5) is 22.0 Å². The lowest BCUT2D eigenvalue weighted by Gasteiger charge is -2.35. The van der Waals surface area contributed by atoms with Crippen molar-refractivity contribution >= 4 is 5.97 Å². The van der Waals surface area contributed by atoms with Crippen molar-refractivity contribution in [1.82, 2.24) is 0 Å². The average Bonchev–Trinajstić information content (AvgIpc) is 2.91. The summed E-state index contributed by atoms with van der Waals surface area (Å²) < 4.78 is 76.1. The van der Waals surface area contributed by atoms with Crippen molar-refractivity contribution in [2.45, 2.75) is 102 Å². The molecule has 1 unspecified atom stereocenters. The highest BCUT2D eigenvalue weighted by Gasteiger charge is 2.37. The summed E-state index contributed by atoms with van der Waals surface area (Å²) in [4.78, 5) is 12.7. The van der Waals surface area contributed by atoms with E-state index in [4.69, 9.17) is 4.74 Å². The van der Waals surface area contributed by atoms with Crippen molar-refractivity contribution in [2.75, 3.05) is 6.61 Å². The molecule has 1 fully saturated rings. The van der Waals surface area contributed by atoms with Gasteiger partial charge in [0.15, 0.2) is 17.5 Å². The van der Waals surface area contributed by atoms with Crippen LogP contribution in [0.2, 0.25) is 0 Å². The van der Waals surface area contributed by atoms with Crippen molar-refractivity contribution in [2.24, 2.45) is 5.92 Å². The van der Waals surface area contributed by atoms with Crippen LogP contribution >= 0.6 is 0 Å². The quantitative estimate of drug-likeness (QED) is 0.104. The van der Waals surface area contributed by atoms with Gasteiger partial charge in [0, 0.05) is 0 Å². The van der Waals surface area contributed by atoms with Crippen LogP contribution < -0.4 is 0 Å². The predicted molar refractivity (Wildman–Crippen MR) is 140 cm³/mol. The summed E-state index contributed by atoms with van der Waals surface area (Å²) in [5.74, 6) is -5.59. The monoisotopic (exact) mass is 538 g/mol. The highest BCUT2D eigenvalue weighted by Crippen LogP contribution is 2.40. The topological polar surface area (TPSA) is 26.3 Å². The Morgan fingerprint density at radius 3 is 2.16 bits per heavy atom. The lowest BCUT2D eigenvalue weighted by molar-refractivity contribution is 0.0117. The molecule has 0 saturated heterocycles. The Morgan fingerprint density at radius 1 is 0.947 bits per heavy atom. The Labute approximate surface area is 223 Å². The van der Waals surface area contributed by atoms with E-state index in [0.717, 1.165) is 31.4 Å². The first-order valence-electron chi connectivity index (χ1n) is 14.0. The first-order chi connectivity index (χ1) is 18.2. The van der Waals surface area contributed by atoms with Gasteiger partial charge < -0.3 is 4.74 Å². The van der Waals surface area contributed by atoms with Gasteiger partial charge in [0.1, 0.15) is 18.4 Å². The highest BCUT2D eigenvalue weighted by molar-refractivity contribution is 5.97. The summed E-state index contributed by atoms with van der Waals surface area (Å²) in [6.07, 6.45) is 9.74. The molecular weight excluding hydrogens is 499 g/mol. The Bertz CT molecular complexity index is 1010. The van der Waals surface area contributed by atoms with E-state index in [1.807, 2.05) is 0 Å². The molecule has 3 rings (SSSR count). The summed E-state index contributed by atoms with van der Waals surface area (Å²) >= 11 is 0. The summed E-state index contributed by atoms with van der Waals surface area (Å²) in [7, 11) is 0. The van der Waals surface area contributed by atoms with Gasteiger partial charge in [-0.15, -0.1) is 0 Å². The molecule has 2 aromatic carbocycles. The molecule has 1 atom stereocenters. The summed E-state index contributed by atoms with van der Waals surface area (Å²) in [6, 6.07) is 7.53. The molecule has 7 heteroatoms. The minimum absolute atomic E-state index is 0.0121. The molecule has 0 heterocycles. The summed E-state index contributed by atoms with van der Waals surface area (Å²) in [6.45, 7) is 1.71. The maximum atomic E-state index is 15.2. The van der Waals surface area contributed by atoms with Crippen LogP contribution in [0.3, 0.4) is 0 Å². The second-order valence-corrected chi connectivity index (χ2v) is 10.6. The number of benzene rings is 2. The fourth-order valence-electron chi connectivity index (χ4n) is 5.34. The van der Waals surface area contributed by atoms with E-state index in [0.29, 0.717) is 32.1 Å². The number of ether oxygens (including phenoxy) is 1. The zero-order valence-corrected chi connectivity index (χ0v) is 22.2. The average molecular weight is 539 g/mol. The van der Waals surface area contributed by atoms with E-state index in [1.54, 1.807) is 6.07 Å². The first-order valence-corrected chi connectivity index (χ1v) is 14.0. The molecule has 0 spiro atoms. The molecule has 38 heavy (non-hydrogen) atoms. The fraction of sp³-hybridized carbons (Fsp3) is 0.581. The minimum Gasteiger partial charge on any atom is -0.459 e. The van der Waals surface area contributed by atoms with E-state index in [1.165, 1.54) is 50.3 Å². The van der Waals surface area contributed by atoms with E-state index >= 15 is 4.39 Å². The number of hydrogen-bond donors (Lipinski definition) is 0. The third-order valence-electron chi connectivity index (χ3n) is 7.73. The third-order valence-corrected chi connectivity index (χ3v) is 7.73. The lowest BCUT2D eigenvalue weighted by Crippen LogP contribution is -2.34. The standard InChI is InChI=1S/C31H39F5O2/c1-2-3-4-5-6-7-8-11-16-31(36)17-14-22(15-18-31)28(34)21-38-30(37)25-13-10-9-12-24(25)23-19-26(32)29(35)27(33)20-23/h9-10,12-13,19-20,22,28H,2-8,11,14-18,21H2,1H3. The maximum absolute atomic E-state index is 15.2. The third kappa shape index (κ3) is 8.54. The smallest absolute Gasteiger partial charge is 0.338 e. The molecule has 0 N–H and O–H groups in total. The Balaban J connectivity index is 1.45. The molecule has 210 valence electrons. The molecule has 0 radical (unpaired) electrons. The Morgan fingerprint density at radius 2 is 1.53 bits per heavy atom. The highest BCUT2D eigenvalue weighted by atomic mass is 19.2. The number of hydrogen-bond acceptors (Lipinski definition) is 2. The van der Waals surface area contributed by atoms with E-state index in [-0.39, 0.29) is 22.6 Å². The van der Waals surface area contributed by atoms with Gasteiger partial charge in [-0.2, -0.15) is 0 Å². The van der Waals surface area contributed by atoms with Crippen LogP contribution in [0.1, 0.15) is 101 Å². The van der Waals surface area contributed by atoms with Crippen molar-refractivity contribution in [1.29, 1.82) is 0 Å². The van der Waals surface area contributed by atoms with Gasteiger partial charge in [-0.25, -0.2) is 26.7 Å². The van der Waals surface area contributed by atoms with Gasteiger partial charge in [0.05, 0.1) is 5.56 Å². The van der Waals surface area contributed by atoms with Gasteiger partial charge in [-0.1, -0.05) is 76.5 Å². The van der Waals surface area contributed by atoms with Crippen molar-refractivity contribution in [3.63, 3.8) is 0 Å². The van der Waals surface area contributed by atoms with Gasteiger partial charge in [0.2, 0.25) is 0 Å². The number of alkyl halides is 2. The number of rotatable bonds is 14. The Kier molecular flexibility index (Phi) is 11.6. The number of esters is 1. The minimum atomic E-state index is -1.60. The lowest BCUT2D eigenvalue weighted by atomic mass is 9.76. The van der Waals surface area contributed by atoms with Crippen LogP contribution in [-0.2, 0) is 4.74 Å². The summed E-state index contributed by atoms with van der Waals surface area (Å²) in [5, 5.41) is 0. The summed E-state index contributed by atoms with van der Waals surface area (Å²) in [5.41, 5.74) is -1.14. The molecule has 1 aliphatic rings. The largest absolute Gasteiger partial charge is 0.459 e. The van der Waals surface area contributed by atoms with Gasteiger partial charge in [-0.05, 0) is 67.3 Å². The van der Waals surface area contributed by atoms with Crippen molar-refractivity contribution in [3.8, 4) is 11.1 Å². The van der Waals surface area contributed by atoms with E-state index < -0.39 is 41.9 Å². The first kappa shape index (κ1) is 30.1. The second-order valence-electron chi connectivity index (χ2n) is 10.6. The predicted octanol–water partition coefficient (Wildman–Crippen LogP) is 9.70. The maximum Gasteiger partial charge on any atom is 0.338 e. The normalized spacial score (nSPS) is 20.3. The van der Waals surface area contributed by atoms with Crippen LogP contribution in [0.5, 0.6) is 0 Å². The van der Waals surface area contributed by atoms with Crippen molar-refractivity contribution < 1.29 is 31.5 Å². The molecule has 1 saturated carbocycles. The fourth-order valence-corrected chi connectivity index (χ4v) is 5.34. The van der Waals surface area contributed by atoms with Crippen molar-refractivity contribution in [3.05, 3.63) is 59.4 Å². The van der Waals surface area contributed by atoms with Crippen LogP contribution in [-0.4, -0.2) is 24.4 Å². The number of carbonyl (C=O) groups excluding carboxylic acids is 1. The number of halogens is 5. The molecule has 0 amide bonds. The van der Waals surface area contributed by atoms with Crippen LogP contribution in [0.15, 0.2) is 36.4 Å². The van der Waals surface area contributed by atoms with Crippen LogP contribution in [0.25, 0.3) is 11.1 Å². The Hall–Kier alpha value is -2.44. The van der Waals surface area contributed by atoms with E-state index in [2.05, 4.69) is 6.92 Å². The molecule has 2 aromatic rings. The van der Waals surface area contributed by atoms with Gasteiger partial charge >= 0.3 is 5.97 Å². The van der Waals surface area contributed by atoms with E-state index in [9.17, 15) is 22.4 Å².